The number of hydrogen-bond donors (Lipinski definition) is 2. The van der Waals surface area contributed by atoms with Gasteiger partial charge >= 0.3 is 0 Å². The number of nitrogens with one attached hydrogen (secondary N) is 1. The van der Waals surface area contributed by atoms with Gasteiger partial charge in [-0.05, 0) is 42.8 Å². The van der Waals surface area contributed by atoms with Gasteiger partial charge in [0.25, 0.3) is 5.69 Å². The third-order valence-corrected chi connectivity index (χ3v) is 5.93. The normalized spacial score (nSPS) is 11.1. The summed E-state index contributed by atoms with van der Waals surface area (Å²) in [5, 5.41) is 30.6. The fourth-order valence-electron chi connectivity index (χ4n) is 3.55. The summed E-state index contributed by atoms with van der Waals surface area (Å²) in [6.07, 6.45) is 1.20. The SMILES string of the molecule is COc1cc(N=Nc2ccc([N+](=O)[O-])cc2)c(OC)cc1N=Nc1ccc(N(C)CCCC(=O)NCCS)cc1. The lowest BCUT2D eigenvalue weighted by atomic mass is 10.2. The first-order valence-corrected chi connectivity index (χ1v) is 13.0. The topological polar surface area (TPSA) is 143 Å². The van der Waals surface area contributed by atoms with Gasteiger partial charge in [0.15, 0.2) is 0 Å². The van der Waals surface area contributed by atoms with Crippen LogP contribution in [0.15, 0.2) is 81.1 Å². The minimum absolute atomic E-state index is 0.0314. The second-order valence-corrected chi connectivity index (χ2v) is 8.93. The highest BCUT2D eigenvalue weighted by Crippen LogP contribution is 2.41. The molecular weight excluding hydrogens is 534 g/mol. The molecule has 3 aromatic carbocycles. The lowest BCUT2D eigenvalue weighted by molar-refractivity contribution is -0.384. The van der Waals surface area contributed by atoms with E-state index in [1.807, 2.05) is 31.3 Å². The second-order valence-electron chi connectivity index (χ2n) is 8.48. The van der Waals surface area contributed by atoms with Crippen LogP contribution in [0, 0.1) is 10.1 Å². The highest BCUT2D eigenvalue weighted by molar-refractivity contribution is 7.80. The summed E-state index contributed by atoms with van der Waals surface area (Å²) < 4.78 is 10.9. The van der Waals surface area contributed by atoms with Crippen LogP contribution >= 0.6 is 12.6 Å². The number of hydrogen-bond acceptors (Lipinski definition) is 11. The molecule has 0 spiro atoms. The maximum atomic E-state index is 11.7. The Morgan fingerprint density at radius 1 is 0.925 bits per heavy atom. The summed E-state index contributed by atoms with van der Waals surface area (Å²) in [6, 6.07) is 16.6. The van der Waals surface area contributed by atoms with Crippen molar-refractivity contribution in [3.63, 3.8) is 0 Å². The molecule has 0 heterocycles. The Bertz CT molecular complexity index is 1350. The molecule has 0 fully saturated rings. The number of thiol groups is 1. The van der Waals surface area contributed by atoms with Gasteiger partial charge < -0.3 is 19.7 Å². The molecule has 40 heavy (non-hydrogen) atoms. The van der Waals surface area contributed by atoms with Crippen molar-refractivity contribution in [1.29, 1.82) is 0 Å². The van der Waals surface area contributed by atoms with Crippen molar-refractivity contribution >= 4 is 52.7 Å². The third kappa shape index (κ3) is 8.76. The molecule has 0 saturated heterocycles. The van der Waals surface area contributed by atoms with E-state index >= 15 is 0 Å². The van der Waals surface area contributed by atoms with E-state index in [9.17, 15) is 14.9 Å². The van der Waals surface area contributed by atoms with Gasteiger partial charge in [0.2, 0.25) is 5.91 Å². The molecular formula is C27H31N7O5S. The van der Waals surface area contributed by atoms with Crippen molar-refractivity contribution in [2.75, 3.05) is 45.0 Å². The molecule has 1 amide bonds. The van der Waals surface area contributed by atoms with Crippen molar-refractivity contribution in [1.82, 2.24) is 5.32 Å². The van der Waals surface area contributed by atoms with Gasteiger partial charge in [0.1, 0.15) is 22.9 Å². The Balaban J connectivity index is 1.67. The van der Waals surface area contributed by atoms with E-state index in [2.05, 4.69) is 43.3 Å². The van der Waals surface area contributed by atoms with E-state index in [-0.39, 0.29) is 11.6 Å². The number of non-ortho nitro benzene ring substituents is 1. The Hall–Kier alpha value is -4.52. The molecule has 0 atom stereocenters. The van der Waals surface area contributed by atoms with Crippen LogP contribution in [-0.4, -0.2) is 50.9 Å². The van der Waals surface area contributed by atoms with Crippen molar-refractivity contribution in [2.24, 2.45) is 20.5 Å². The second kappa shape index (κ2) is 15.2. The van der Waals surface area contributed by atoms with Crippen molar-refractivity contribution in [3.8, 4) is 11.5 Å². The van der Waals surface area contributed by atoms with Crippen molar-refractivity contribution < 1.29 is 19.2 Å². The maximum Gasteiger partial charge on any atom is 0.269 e. The number of carbonyl (C=O) groups excluding carboxylic acids is 1. The van der Waals surface area contributed by atoms with E-state index in [1.165, 1.54) is 38.5 Å². The monoisotopic (exact) mass is 565 g/mol. The highest BCUT2D eigenvalue weighted by atomic mass is 32.1. The van der Waals surface area contributed by atoms with Crippen LogP contribution in [0.2, 0.25) is 0 Å². The molecule has 0 unspecified atom stereocenters. The van der Waals surface area contributed by atoms with E-state index in [0.29, 0.717) is 53.0 Å². The van der Waals surface area contributed by atoms with Gasteiger partial charge in [0.05, 0.1) is 30.5 Å². The predicted octanol–water partition coefficient (Wildman–Crippen LogP) is 6.71. The number of nitro benzene ring substituents is 1. The number of nitrogens with zero attached hydrogens (tertiary/aromatic N) is 6. The first-order chi connectivity index (χ1) is 19.3. The molecule has 0 aliphatic rings. The third-order valence-electron chi connectivity index (χ3n) is 5.71. The molecule has 0 radical (unpaired) electrons. The number of carbonyl (C=O) groups is 1. The van der Waals surface area contributed by atoms with Gasteiger partial charge in [-0.3, -0.25) is 14.9 Å². The molecule has 3 aromatic rings. The predicted molar refractivity (Wildman–Crippen MR) is 157 cm³/mol. The molecule has 210 valence electrons. The Morgan fingerprint density at radius 3 is 1.93 bits per heavy atom. The van der Waals surface area contributed by atoms with Crippen molar-refractivity contribution in [2.45, 2.75) is 12.8 Å². The summed E-state index contributed by atoms with van der Waals surface area (Å²) in [6.45, 7) is 1.31. The smallest absolute Gasteiger partial charge is 0.269 e. The number of anilines is 1. The molecule has 13 heteroatoms. The van der Waals surface area contributed by atoms with Crippen LogP contribution in [0.3, 0.4) is 0 Å². The van der Waals surface area contributed by atoms with Gasteiger partial charge in [-0.15, -0.1) is 10.2 Å². The zero-order valence-corrected chi connectivity index (χ0v) is 23.4. The van der Waals surface area contributed by atoms with Gasteiger partial charge in [0, 0.05) is 62.3 Å². The average molecular weight is 566 g/mol. The fourth-order valence-corrected chi connectivity index (χ4v) is 3.66. The Labute approximate surface area is 237 Å². The standard InChI is InChI=1S/C27H31N7O5S/c1-33(15-4-5-27(35)28-14-16-40)21-10-6-19(7-11-21)29-31-23-17-26(39-3)24(18-25(23)38-2)32-30-20-8-12-22(13-9-20)34(36)37/h6-13,17-18,40H,4-5,14-16H2,1-3H3,(H,28,35). The summed E-state index contributed by atoms with van der Waals surface area (Å²) in [7, 11) is 4.98. The number of nitro groups is 1. The van der Waals surface area contributed by atoms with Crippen LogP contribution in [0.5, 0.6) is 11.5 Å². The van der Waals surface area contributed by atoms with E-state index in [4.69, 9.17) is 9.47 Å². The zero-order chi connectivity index (χ0) is 28.9. The summed E-state index contributed by atoms with van der Waals surface area (Å²) in [5.74, 6) is 1.47. The van der Waals surface area contributed by atoms with Crippen LogP contribution in [0.1, 0.15) is 12.8 Å². The van der Waals surface area contributed by atoms with Gasteiger partial charge in [-0.2, -0.15) is 22.9 Å². The van der Waals surface area contributed by atoms with Crippen molar-refractivity contribution in [3.05, 3.63) is 70.8 Å². The molecule has 3 rings (SSSR count). The van der Waals surface area contributed by atoms with Crippen LogP contribution in [-0.2, 0) is 4.79 Å². The molecule has 0 saturated carbocycles. The first kappa shape index (κ1) is 30.0. The number of benzene rings is 3. The average Bonchev–Trinajstić information content (AvgIpc) is 2.98. The molecule has 0 aromatic heterocycles. The van der Waals surface area contributed by atoms with Gasteiger partial charge in [-0.1, -0.05) is 0 Å². The van der Waals surface area contributed by atoms with E-state index in [0.717, 1.165) is 18.7 Å². The summed E-state index contributed by atoms with van der Waals surface area (Å²) >= 11 is 4.09. The molecule has 0 aliphatic carbocycles. The number of ether oxygens (including phenoxy) is 2. The van der Waals surface area contributed by atoms with E-state index in [1.54, 1.807) is 12.1 Å². The summed E-state index contributed by atoms with van der Waals surface area (Å²) in [5.41, 5.74) is 2.88. The minimum atomic E-state index is -0.480. The molecule has 1 N–H and O–H groups in total. The zero-order valence-electron chi connectivity index (χ0n) is 22.5. The highest BCUT2D eigenvalue weighted by Gasteiger charge is 2.12. The van der Waals surface area contributed by atoms with Crippen LogP contribution in [0.25, 0.3) is 0 Å². The number of methoxy groups -OCH3 is 2. The largest absolute Gasteiger partial charge is 0.494 e. The quantitative estimate of drug-likeness (QED) is 0.0963. The molecule has 0 bridgehead atoms. The summed E-state index contributed by atoms with van der Waals surface area (Å²) in [4.78, 5) is 24.2. The fraction of sp³-hybridized carbons (Fsp3) is 0.296. The minimum Gasteiger partial charge on any atom is -0.494 e. The van der Waals surface area contributed by atoms with Crippen LogP contribution in [0.4, 0.5) is 34.1 Å². The Morgan fingerprint density at radius 2 is 1.45 bits per heavy atom. The lowest BCUT2D eigenvalue weighted by Crippen LogP contribution is -2.26. The number of azo groups is 2. The van der Waals surface area contributed by atoms with Crippen LogP contribution < -0.4 is 19.7 Å². The lowest BCUT2D eigenvalue weighted by Gasteiger charge is -2.19. The van der Waals surface area contributed by atoms with E-state index < -0.39 is 4.92 Å². The number of amides is 1. The Kier molecular flexibility index (Phi) is 11.4. The molecule has 12 nitrogen and oxygen atoms in total. The molecule has 0 aliphatic heterocycles. The van der Waals surface area contributed by atoms with Gasteiger partial charge in [-0.25, -0.2) is 0 Å². The first-order valence-electron chi connectivity index (χ1n) is 12.4. The maximum absolute atomic E-state index is 11.7. The number of rotatable bonds is 14.